The lowest BCUT2D eigenvalue weighted by Crippen LogP contribution is -2.33. The van der Waals surface area contributed by atoms with E-state index in [1.807, 2.05) is 0 Å². The van der Waals surface area contributed by atoms with Crippen LogP contribution in [0.1, 0.15) is 0 Å². The fourth-order valence-corrected chi connectivity index (χ4v) is 1.64. The second-order valence-electron chi connectivity index (χ2n) is 4.55. The minimum Gasteiger partial charge on any atom is -0.368 e. The summed E-state index contributed by atoms with van der Waals surface area (Å²) in [5, 5.41) is 0. The zero-order chi connectivity index (χ0) is 16.3. The Morgan fingerprint density at radius 3 is 1.14 bits per heavy atom. The second kappa shape index (κ2) is 6.07. The number of nitrogen functional groups attached to an aromatic ring is 4. The first kappa shape index (κ1) is 15.2. The summed E-state index contributed by atoms with van der Waals surface area (Å²) < 4.78 is 0. The molecule has 2 rings (SSSR count). The molecule has 2 heterocycles. The third kappa shape index (κ3) is 3.68. The molecule has 0 bridgehead atoms. The second-order valence-corrected chi connectivity index (χ2v) is 4.55. The van der Waals surface area contributed by atoms with E-state index in [2.05, 4.69) is 29.9 Å². The predicted molar refractivity (Wildman–Crippen MR) is 83.8 cm³/mol. The third-order valence-electron chi connectivity index (χ3n) is 2.77. The van der Waals surface area contributed by atoms with E-state index in [1.165, 1.54) is 0 Å². The molecule has 0 aliphatic carbocycles. The molecular formula is C10H18N12. The van der Waals surface area contributed by atoms with Gasteiger partial charge < -0.3 is 32.7 Å². The molecule has 12 nitrogen and oxygen atoms in total. The number of rotatable bonds is 5. The maximum absolute atomic E-state index is 5.54. The van der Waals surface area contributed by atoms with Crippen LogP contribution in [0.3, 0.4) is 0 Å². The summed E-state index contributed by atoms with van der Waals surface area (Å²) >= 11 is 0. The Bertz CT molecular complexity index is 560. The summed E-state index contributed by atoms with van der Waals surface area (Å²) in [6, 6.07) is 0. The highest BCUT2D eigenvalue weighted by molar-refractivity contribution is 5.41. The van der Waals surface area contributed by atoms with Crippen molar-refractivity contribution in [1.29, 1.82) is 0 Å². The minimum atomic E-state index is 0.0701. The van der Waals surface area contributed by atoms with E-state index in [0.29, 0.717) is 25.0 Å². The largest absolute Gasteiger partial charge is 0.368 e. The van der Waals surface area contributed by atoms with Gasteiger partial charge in [0.2, 0.25) is 35.7 Å². The van der Waals surface area contributed by atoms with Crippen molar-refractivity contribution in [3.63, 3.8) is 0 Å². The molecule has 0 saturated heterocycles. The highest BCUT2D eigenvalue weighted by atomic mass is 15.3. The van der Waals surface area contributed by atoms with Crippen molar-refractivity contribution in [1.82, 2.24) is 29.9 Å². The summed E-state index contributed by atoms with van der Waals surface area (Å²) in [5.74, 6) is 1.05. The molecule has 0 unspecified atom stereocenters. The van der Waals surface area contributed by atoms with E-state index in [-0.39, 0.29) is 23.8 Å². The molecule has 0 aliphatic rings. The Morgan fingerprint density at radius 2 is 0.864 bits per heavy atom. The highest BCUT2D eigenvalue weighted by Gasteiger charge is 2.11. The Kier molecular flexibility index (Phi) is 4.20. The zero-order valence-corrected chi connectivity index (χ0v) is 12.3. The molecule has 22 heavy (non-hydrogen) atoms. The molecule has 0 atom stereocenters. The molecule has 0 saturated carbocycles. The van der Waals surface area contributed by atoms with Crippen LogP contribution in [0.15, 0.2) is 0 Å². The maximum atomic E-state index is 5.54. The molecule has 0 aliphatic heterocycles. The lowest BCUT2D eigenvalue weighted by Gasteiger charge is -2.22. The Labute approximate surface area is 126 Å². The number of aromatic nitrogens is 6. The molecule has 2 aromatic rings. The van der Waals surface area contributed by atoms with Crippen molar-refractivity contribution < 1.29 is 0 Å². The smallest absolute Gasteiger partial charge is 0.231 e. The zero-order valence-electron chi connectivity index (χ0n) is 12.3. The molecule has 0 fully saturated rings. The van der Waals surface area contributed by atoms with Crippen LogP contribution in [0.2, 0.25) is 0 Å². The van der Waals surface area contributed by atoms with Crippen molar-refractivity contribution in [3.8, 4) is 0 Å². The van der Waals surface area contributed by atoms with Crippen molar-refractivity contribution >= 4 is 35.7 Å². The quantitative estimate of drug-likeness (QED) is 0.474. The Balaban J connectivity index is 2.02. The van der Waals surface area contributed by atoms with E-state index >= 15 is 0 Å². The van der Waals surface area contributed by atoms with E-state index in [9.17, 15) is 0 Å². The molecule has 0 amide bonds. The van der Waals surface area contributed by atoms with Gasteiger partial charge in [-0.2, -0.15) is 29.9 Å². The van der Waals surface area contributed by atoms with Gasteiger partial charge in [-0.3, -0.25) is 0 Å². The molecular weight excluding hydrogens is 288 g/mol. The summed E-state index contributed by atoms with van der Waals surface area (Å²) in [5.41, 5.74) is 22.2. The van der Waals surface area contributed by atoms with Crippen molar-refractivity contribution in [3.05, 3.63) is 0 Å². The fourth-order valence-electron chi connectivity index (χ4n) is 1.64. The number of hydrogen-bond acceptors (Lipinski definition) is 12. The first-order valence-corrected chi connectivity index (χ1v) is 6.31. The van der Waals surface area contributed by atoms with Crippen LogP contribution in [-0.2, 0) is 0 Å². The fraction of sp³-hybridized carbons (Fsp3) is 0.400. The van der Waals surface area contributed by atoms with Gasteiger partial charge >= 0.3 is 0 Å². The Hall–Kier alpha value is -3.18. The lowest BCUT2D eigenvalue weighted by molar-refractivity contribution is 0.785. The van der Waals surface area contributed by atoms with Crippen LogP contribution < -0.4 is 32.7 Å². The molecule has 8 N–H and O–H groups in total. The van der Waals surface area contributed by atoms with Gasteiger partial charge in [0.25, 0.3) is 0 Å². The average Bonchev–Trinajstić information content (AvgIpc) is 2.42. The number of likely N-dealkylation sites (N-methyl/N-ethyl adjacent to an activating group) is 2. The number of nitrogens with zero attached hydrogens (tertiary/aromatic N) is 8. The van der Waals surface area contributed by atoms with Crippen LogP contribution in [0.25, 0.3) is 0 Å². The predicted octanol–water partition coefficient (Wildman–Crippen LogP) is -2.04. The minimum absolute atomic E-state index is 0.0701. The molecule has 12 heteroatoms. The van der Waals surface area contributed by atoms with Crippen LogP contribution in [0.4, 0.5) is 35.7 Å². The molecule has 0 spiro atoms. The normalized spacial score (nSPS) is 10.5. The number of nitrogens with two attached hydrogens (primary N) is 4. The van der Waals surface area contributed by atoms with Crippen LogP contribution in [0, 0.1) is 0 Å². The van der Waals surface area contributed by atoms with E-state index in [0.717, 1.165) is 0 Å². The highest BCUT2D eigenvalue weighted by Crippen LogP contribution is 2.10. The van der Waals surface area contributed by atoms with E-state index in [4.69, 9.17) is 22.9 Å². The first-order chi connectivity index (χ1) is 10.3. The van der Waals surface area contributed by atoms with Crippen LogP contribution >= 0.6 is 0 Å². The van der Waals surface area contributed by atoms with Gasteiger partial charge in [0.15, 0.2) is 0 Å². The third-order valence-corrected chi connectivity index (χ3v) is 2.77. The van der Waals surface area contributed by atoms with Gasteiger partial charge in [0.1, 0.15) is 0 Å². The number of anilines is 6. The summed E-state index contributed by atoms with van der Waals surface area (Å²) in [7, 11) is 3.61. The summed E-state index contributed by atoms with van der Waals surface area (Å²) in [4.78, 5) is 27.1. The van der Waals surface area contributed by atoms with Crippen LogP contribution in [0.5, 0.6) is 0 Å². The average molecular weight is 306 g/mol. The van der Waals surface area contributed by atoms with Crippen molar-refractivity contribution in [2.24, 2.45) is 0 Å². The topological polar surface area (TPSA) is 188 Å². The van der Waals surface area contributed by atoms with Gasteiger partial charge in [0.05, 0.1) is 0 Å². The van der Waals surface area contributed by atoms with Gasteiger partial charge in [-0.1, -0.05) is 0 Å². The van der Waals surface area contributed by atoms with Crippen LogP contribution in [-0.4, -0.2) is 57.1 Å². The van der Waals surface area contributed by atoms with E-state index < -0.39 is 0 Å². The maximum Gasteiger partial charge on any atom is 0.231 e. The molecule has 0 aromatic carbocycles. The SMILES string of the molecule is CN(CCN(C)c1nc(N)nc(N)n1)c1nc(N)nc(N)n1. The van der Waals surface area contributed by atoms with E-state index in [1.54, 1.807) is 23.9 Å². The van der Waals surface area contributed by atoms with Gasteiger partial charge in [-0.15, -0.1) is 0 Å². The van der Waals surface area contributed by atoms with Gasteiger partial charge in [0, 0.05) is 27.2 Å². The van der Waals surface area contributed by atoms with Gasteiger partial charge in [-0.05, 0) is 0 Å². The molecule has 118 valence electrons. The first-order valence-electron chi connectivity index (χ1n) is 6.31. The standard InChI is InChI=1S/C10H18N12/c1-21(9-17-5(11)15-6(12)18-9)3-4-22(2)10-19-7(13)16-8(14)20-10/h3-4H2,1-2H3,(H4,11,12,15,17,18)(H4,13,14,16,19,20). The van der Waals surface area contributed by atoms with Crippen molar-refractivity contribution in [2.75, 3.05) is 59.9 Å². The Morgan fingerprint density at radius 1 is 0.591 bits per heavy atom. The molecule has 2 aromatic heterocycles. The lowest BCUT2D eigenvalue weighted by atomic mass is 10.5. The summed E-state index contributed by atoms with van der Waals surface area (Å²) in [6.07, 6.45) is 0. The van der Waals surface area contributed by atoms with Gasteiger partial charge in [-0.25, -0.2) is 0 Å². The monoisotopic (exact) mass is 306 g/mol. The van der Waals surface area contributed by atoms with Crippen molar-refractivity contribution in [2.45, 2.75) is 0 Å². The number of hydrogen-bond donors (Lipinski definition) is 4. The summed E-state index contributed by atoms with van der Waals surface area (Å²) in [6.45, 7) is 1.12. The molecule has 0 radical (unpaired) electrons.